The van der Waals surface area contributed by atoms with E-state index in [0.717, 1.165) is 5.56 Å². The first kappa shape index (κ1) is 31.5. The maximum Gasteiger partial charge on any atom is 0.252 e. The highest BCUT2D eigenvalue weighted by atomic mass is 32.2. The molecule has 12 nitrogen and oxygen atoms in total. The molecule has 4 N–H and O–H groups in total. The number of nitrogens with one attached hydrogen (secondary N) is 2. The van der Waals surface area contributed by atoms with Gasteiger partial charge in [0.1, 0.15) is 42.0 Å². The summed E-state index contributed by atoms with van der Waals surface area (Å²) in [6.45, 7) is 5.55. The molecule has 2 aromatic carbocycles. The fraction of sp³-hybridized carbons (Fsp3) is 0.452. The van der Waals surface area contributed by atoms with Gasteiger partial charge in [-0.15, -0.1) is 11.8 Å². The molecule has 5 rings (SSSR count). The van der Waals surface area contributed by atoms with Crippen LogP contribution in [0.2, 0.25) is 0 Å². The lowest BCUT2D eigenvalue weighted by Gasteiger charge is -2.33. The van der Waals surface area contributed by atoms with Gasteiger partial charge in [-0.05, 0) is 45.2 Å². The van der Waals surface area contributed by atoms with Crippen LogP contribution >= 0.6 is 11.8 Å². The van der Waals surface area contributed by atoms with Gasteiger partial charge in [0, 0.05) is 16.2 Å². The Kier molecular flexibility index (Phi) is 9.56. The molecule has 44 heavy (non-hydrogen) atoms. The number of thioether (sulfide) groups is 1. The van der Waals surface area contributed by atoms with Crippen LogP contribution in [0.15, 0.2) is 59.2 Å². The monoisotopic (exact) mass is 623 g/mol. The Labute approximate surface area is 259 Å². The van der Waals surface area contributed by atoms with Crippen LogP contribution in [0.1, 0.15) is 48.8 Å². The minimum Gasteiger partial charge on any atom is -0.490 e. The third kappa shape index (κ3) is 6.90. The molecular formula is C31H37N5O7S. The van der Waals surface area contributed by atoms with Crippen molar-refractivity contribution in [1.29, 1.82) is 0 Å². The number of carbonyl (C=O) groups is 3. The number of fused-ring (bicyclic) bond motifs is 1. The van der Waals surface area contributed by atoms with Crippen molar-refractivity contribution in [3.8, 4) is 5.75 Å². The van der Waals surface area contributed by atoms with Gasteiger partial charge in [-0.2, -0.15) is 0 Å². The van der Waals surface area contributed by atoms with Crippen molar-refractivity contribution in [3.05, 3.63) is 77.1 Å². The van der Waals surface area contributed by atoms with Crippen LogP contribution in [0.5, 0.6) is 5.75 Å². The second kappa shape index (κ2) is 13.4. The van der Waals surface area contributed by atoms with Gasteiger partial charge in [-0.3, -0.25) is 14.4 Å². The number of hydrogen-bond donors (Lipinski definition) is 4. The fourth-order valence-electron chi connectivity index (χ4n) is 5.63. The third-order valence-electron chi connectivity index (χ3n) is 8.09. The number of ether oxygens (including phenoxy) is 1. The Balaban J connectivity index is 1.32. The van der Waals surface area contributed by atoms with Crippen molar-refractivity contribution < 1.29 is 34.0 Å². The van der Waals surface area contributed by atoms with Gasteiger partial charge < -0.3 is 30.5 Å². The summed E-state index contributed by atoms with van der Waals surface area (Å²) in [5.41, 5.74) is 2.53. The standard InChI is InChI=1S/C31H37N5O7S/c1-18-22(35-43-34-18)15-32-29(40)27-31(2,3)44-17-36(27)30(41)23(37)14-20(13-19-9-5-4-6-10-19)28(39)33-26-21-11-7-8-12-25(21)42-16-24(26)38/h4-12,20,23-24,26-27,37-38H,13-17H2,1-3H3,(H,32,40)(H,33,39)/t20-,23+,24-,26+,27-/m1/s1. The highest BCUT2D eigenvalue weighted by Gasteiger charge is 2.49. The molecule has 0 aliphatic carbocycles. The number of aromatic nitrogens is 2. The zero-order chi connectivity index (χ0) is 31.4. The minimum absolute atomic E-state index is 0.0189. The van der Waals surface area contributed by atoms with E-state index in [-0.39, 0.29) is 31.9 Å². The van der Waals surface area contributed by atoms with E-state index < -0.39 is 52.7 Å². The normalized spacial score (nSPS) is 21.9. The molecule has 13 heteroatoms. The summed E-state index contributed by atoms with van der Waals surface area (Å²) in [4.78, 5) is 42.2. The van der Waals surface area contributed by atoms with Gasteiger partial charge >= 0.3 is 0 Å². The predicted molar refractivity (Wildman–Crippen MR) is 161 cm³/mol. The number of aliphatic hydroxyl groups is 2. The van der Waals surface area contributed by atoms with Crippen molar-refractivity contribution in [2.75, 3.05) is 12.5 Å². The van der Waals surface area contributed by atoms with Crippen LogP contribution in [0.25, 0.3) is 0 Å². The van der Waals surface area contributed by atoms with Crippen LogP contribution < -0.4 is 15.4 Å². The molecule has 2 aliphatic rings. The van der Waals surface area contributed by atoms with Gasteiger partial charge in [-0.1, -0.05) is 58.8 Å². The number of aliphatic hydroxyl groups excluding tert-OH is 2. The molecule has 1 fully saturated rings. The van der Waals surface area contributed by atoms with Gasteiger partial charge in [0.2, 0.25) is 11.8 Å². The summed E-state index contributed by atoms with van der Waals surface area (Å²) < 4.78 is 9.67. The van der Waals surface area contributed by atoms with Crippen LogP contribution in [0.4, 0.5) is 0 Å². The Hall–Kier alpha value is -3.94. The molecule has 3 aromatic rings. The number of hydrogen-bond acceptors (Lipinski definition) is 10. The number of aryl methyl sites for hydroxylation is 1. The van der Waals surface area contributed by atoms with E-state index in [1.165, 1.54) is 16.7 Å². The predicted octanol–water partition coefficient (Wildman–Crippen LogP) is 1.90. The summed E-state index contributed by atoms with van der Waals surface area (Å²) >= 11 is 1.43. The first-order valence-corrected chi connectivity index (χ1v) is 15.5. The number of benzene rings is 2. The first-order valence-electron chi connectivity index (χ1n) is 14.5. The lowest BCUT2D eigenvalue weighted by molar-refractivity contribution is -0.147. The smallest absolute Gasteiger partial charge is 0.252 e. The highest BCUT2D eigenvalue weighted by Crippen LogP contribution is 2.40. The number of rotatable bonds is 10. The summed E-state index contributed by atoms with van der Waals surface area (Å²) in [5, 5.41) is 35.2. The maximum absolute atomic E-state index is 13.8. The molecule has 1 aromatic heterocycles. The van der Waals surface area contributed by atoms with Crippen molar-refractivity contribution in [2.24, 2.45) is 5.92 Å². The molecule has 0 spiro atoms. The molecule has 3 amide bonds. The third-order valence-corrected chi connectivity index (χ3v) is 9.46. The lowest BCUT2D eigenvalue weighted by Crippen LogP contribution is -2.55. The molecule has 1 saturated heterocycles. The van der Waals surface area contributed by atoms with Crippen molar-refractivity contribution in [2.45, 2.75) is 69.2 Å². The SMILES string of the molecule is Cc1nonc1CNC(=O)[C@H]1N(C(=O)[C@@H](O)C[C@@H](Cc2ccccc2)C(=O)N[C@H]2c3ccccc3OC[C@H]2O)CSC1(C)C. The number of nitrogens with zero attached hydrogens (tertiary/aromatic N) is 3. The van der Waals surface area contributed by atoms with Crippen molar-refractivity contribution >= 4 is 29.5 Å². The Morgan fingerprint density at radius 3 is 2.57 bits per heavy atom. The zero-order valence-electron chi connectivity index (χ0n) is 24.8. The van der Waals surface area contributed by atoms with E-state index in [0.29, 0.717) is 22.7 Å². The first-order chi connectivity index (χ1) is 21.0. The average molecular weight is 624 g/mol. The maximum atomic E-state index is 13.8. The average Bonchev–Trinajstić information content (AvgIpc) is 3.57. The molecule has 0 bridgehead atoms. The largest absolute Gasteiger partial charge is 0.490 e. The molecular weight excluding hydrogens is 586 g/mol. The minimum atomic E-state index is -1.55. The summed E-state index contributed by atoms with van der Waals surface area (Å²) in [6, 6.07) is 14.9. The molecule has 0 unspecified atom stereocenters. The van der Waals surface area contributed by atoms with Crippen LogP contribution in [0.3, 0.4) is 0 Å². The molecule has 3 heterocycles. The molecule has 2 aliphatic heterocycles. The van der Waals surface area contributed by atoms with E-state index in [2.05, 4.69) is 20.9 Å². The van der Waals surface area contributed by atoms with E-state index in [1.807, 2.05) is 50.2 Å². The zero-order valence-corrected chi connectivity index (χ0v) is 25.6. The quantitative estimate of drug-likeness (QED) is 0.262. The van der Waals surface area contributed by atoms with Gasteiger partial charge in [-0.25, -0.2) is 4.63 Å². The highest BCUT2D eigenvalue weighted by molar-refractivity contribution is 8.00. The summed E-state index contributed by atoms with van der Waals surface area (Å²) in [5.74, 6) is -1.48. The van der Waals surface area contributed by atoms with E-state index in [1.54, 1.807) is 25.1 Å². The molecule has 234 valence electrons. The topological polar surface area (TPSA) is 167 Å². The Morgan fingerprint density at radius 1 is 1.11 bits per heavy atom. The van der Waals surface area contributed by atoms with E-state index in [9.17, 15) is 24.6 Å². The Morgan fingerprint density at radius 2 is 1.84 bits per heavy atom. The van der Waals surface area contributed by atoms with Crippen molar-refractivity contribution in [3.63, 3.8) is 0 Å². The lowest BCUT2D eigenvalue weighted by atomic mass is 9.90. The van der Waals surface area contributed by atoms with Gasteiger partial charge in [0.25, 0.3) is 5.91 Å². The molecule has 0 radical (unpaired) electrons. The molecule has 0 saturated carbocycles. The van der Waals surface area contributed by atoms with E-state index >= 15 is 0 Å². The molecule has 5 atom stereocenters. The van der Waals surface area contributed by atoms with Crippen molar-refractivity contribution in [1.82, 2.24) is 25.8 Å². The van der Waals surface area contributed by atoms with Crippen LogP contribution in [-0.2, 0) is 27.3 Å². The van der Waals surface area contributed by atoms with Crippen LogP contribution in [0, 0.1) is 12.8 Å². The van der Waals surface area contributed by atoms with E-state index in [4.69, 9.17) is 9.37 Å². The second-order valence-electron chi connectivity index (χ2n) is 11.6. The number of amides is 3. The fourth-order valence-corrected chi connectivity index (χ4v) is 6.77. The number of para-hydroxylation sites is 1. The van der Waals surface area contributed by atoms with Crippen LogP contribution in [-0.4, -0.2) is 78.6 Å². The summed E-state index contributed by atoms with van der Waals surface area (Å²) in [6.07, 6.45) is -2.45. The van der Waals surface area contributed by atoms with Gasteiger partial charge in [0.05, 0.1) is 18.5 Å². The Bertz CT molecular complexity index is 1480. The summed E-state index contributed by atoms with van der Waals surface area (Å²) in [7, 11) is 0. The second-order valence-corrected chi connectivity index (χ2v) is 13.2. The van der Waals surface area contributed by atoms with Gasteiger partial charge in [0.15, 0.2) is 0 Å². The number of carbonyl (C=O) groups excluding carboxylic acids is 3.